The molecule has 1 fully saturated rings. The van der Waals surface area contributed by atoms with Gasteiger partial charge in [-0.05, 0) is 47.4 Å². The van der Waals surface area contributed by atoms with E-state index in [4.69, 9.17) is 9.47 Å². The van der Waals surface area contributed by atoms with E-state index in [-0.39, 0.29) is 30.9 Å². The molecule has 2 aromatic carbocycles. The van der Waals surface area contributed by atoms with Crippen LogP contribution in [0.1, 0.15) is 27.0 Å². The Morgan fingerprint density at radius 2 is 1.70 bits per heavy atom. The molecule has 8 nitrogen and oxygen atoms in total. The second kappa shape index (κ2) is 8.06. The quantitative estimate of drug-likeness (QED) is 0.763. The number of hydrogen-bond acceptors (Lipinski definition) is 5. The maximum atomic E-state index is 13.0. The number of nitrogens with zero attached hydrogens (tertiary/aromatic N) is 2. The van der Waals surface area contributed by atoms with Gasteiger partial charge in [-0.2, -0.15) is 0 Å². The van der Waals surface area contributed by atoms with E-state index in [0.29, 0.717) is 30.2 Å². The molecule has 30 heavy (non-hydrogen) atoms. The molecular weight excluding hydrogens is 386 g/mol. The highest BCUT2D eigenvalue weighted by Gasteiger charge is 2.28. The Morgan fingerprint density at radius 1 is 1.03 bits per heavy atom. The molecule has 0 spiro atoms. The number of methoxy groups -OCH3 is 2. The number of hydrogen-bond donors (Lipinski definition) is 1. The van der Waals surface area contributed by atoms with Gasteiger partial charge >= 0.3 is 6.03 Å². The van der Waals surface area contributed by atoms with Crippen molar-refractivity contribution >= 4 is 17.8 Å². The fourth-order valence-corrected chi connectivity index (χ4v) is 3.79. The molecule has 0 radical (unpaired) electrons. The zero-order valence-corrected chi connectivity index (χ0v) is 16.9. The zero-order chi connectivity index (χ0) is 21.3. The predicted octanol–water partition coefficient (Wildman–Crippen LogP) is 1.95. The van der Waals surface area contributed by atoms with Crippen molar-refractivity contribution < 1.29 is 23.9 Å². The predicted molar refractivity (Wildman–Crippen MR) is 108 cm³/mol. The smallest absolute Gasteiger partial charge is 0.324 e. The summed E-state index contributed by atoms with van der Waals surface area (Å²) in [5, 5.41) is 2.50. The Kier molecular flexibility index (Phi) is 5.31. The molecular formula is C22H23N3O5. The molecule has 0 aliphatic carbocycles. The molecule has 2 aliphatic rings. The monoisotopic (exact) mass is 409 g/mol. The van der Waals surface area contributed by atoms with Gasteiger partial charge in [-0.25, -0.2) is 4.79 Å². The summed E-state index contributed by atoms with van der Waals surface area (Å²) >= 11 is 0. The number of nitrogens with one attached hydrogen (secondary N) is 1. The molecule has 0 aromatic heterocycles. The lowest BCUT2D eigenvalue weighted by molar-refractivity contribution is -0.125. The van der Waals surface area contributed by atoms with Crippen LogP contribution in [0.5, 0.6) is 11.5 Å². The first-order valence-electron chi connectivity index (χ1n) is 9.70. The maximum Gasteiger partial charge on any atom is 0.324 e. The van der Waals surface area contributed by atoms with Gasteiger partial charge in [-0.1, -0.05) is 12.1 Å². The number of ether oxygens (including phenoxy) is 2. The van der Waals surface area contributed by atoms with E-state index >= 15 is 0 Å². The minimum absolute atomic E-state index is 0.0303. The van der Waals surface area contributed by atoms with Crippen LogP contribution in [0.2, 0.25) is 0 Å². The average Bonchev–Trinajstić information content (AvgIpc) is 3.09. The molecule has 0 atom stereocenters. The highest BCUT2D eigenvalue weighted by atomic mass is 16.5. The maximum absolute atomic E-state index is 13.0. The molecule has 0 unspecified atom stereocenters. The second-order valence-electron chi connectivity index (χ2n) is 7.29. The molecule has 4 rings (SSSR count). The number of carbonyl (C=O) groups excluding carboxylic acids is 3. The second-order valence-corrected chi connectivity index (χ2v) is 7.29. The number of rotatable bonds is 5. The number of urea groups is 1. The third kappa shape index (κ3) is 3.68. The van der Waals surface area contributed by atoms with Crippen LogP contribution in [-0.4, -0.2) is 55.0 Å². The van der Waals surface area contributed by atoms with E-state index in [1.54, 1.807) is 43.4 Å². The normalized spacial score (nSPS) is 15.7. The van der Waals surface area contributed by atoms with E-state index in [1.807, 2.05) is 12.1 Å². The van der Waals surface area contributed by atoms with Crippen molar-refractivity contribution in [1.29, 1.82) is 0 Å². The third-order valence-corrected chi connectivity index (χ3v) is 5.48. The number of fused-ring (bicyclic) bond motifs is 1. The van der Waals surface area contributed by atoms with Gasteiger partial charge in [-0.15, -0.1) is 0 Å². The Morgan fingerprint density at radius 3 is 2.30 bits per heavy atom. The molecule has 8 heteroatoms. The third-order valence-electron chi connectivity index (χ3n) is 5.48. The summed E-state index contributed by atoms with van der Waals surface area (Å²) in [5.41, 5.74) is 3.56. The first-order chi connectivity index (χ1) is 14.5. The lowest BCUT2D eigenvalue weighted by atomic mass is 9.98. The molecule has 0 bridgehead atoms. The Bertz CT molecular complexity index is 987. The van der Waals surface area contributed by atoms with Crippen LogP contribution < -0.4 is 14.8 Å². The molecule has 0 saturated carbocycles. The van der Waals surface area contributed by atoms with Gasteiger partial charge in [-0.3, -0.25) is 14.5 Å². The molecule has 1 saturated heterocycles. The molecule has 2 aromatic rings. The van der Waals surface area contributed by atoms with Crippen molar-refractivity contribution in [3.05, 3.63) is 58.7 Å². The topological polar surface area (TPSA) is 88.2 Å². The van der Waals surface area contributed by atoms with Crippen LogP contribution in [0.3, 0.4) is 0 Å². The van der Waals surface area contributed by atoms with Crippen LogP contribution >= 0.6 is 0 Å². The summed E-state index contributed by atoms with van der Waals surface area (Å²) in [5.74, 6) is 1.03. The van der Waals surface area contributed by atoms with Gasteiger partial charge in [0.05, 0.1) is 27.3 Å². The molecule has 4 amide bonds. The first-order valence-corrected chi connectivity index (χ1v) is 9.70. The summed E-state index contributed by atoms with van der Waals surface area (Å²) in [4.78, 5) is 39.4. The van der Waals surface area contributed by atoms with Gasteiger partial charge in [0.2, 0.25) is 5.91 Å². The Labute approximate surface area is 174 Å². The van der Waals surface area contributed by atoms with Crippen molar-refractivity contribution in [2.75, 3.05) is 27.3 Å². The molecule has 2 heterocycles. The van der Waals surface area contributed by atoms with Crippen LogP contribution in [0, 0.1) is 0 Å². The minimum atomic E-state index is -0.390. The Balaban J connectivity index is 1.46. The van der Waals surface area contributed by atoms with Crippen LogP contribution in [0.15, 0.2) is 36.4 Å². The molecule has 1 N–H and O–H groups in total. The highest BCUT2D eigenvalue weighted by molar-refractivity contribution is 6.01. The largest absolute Gasteiger partial charge is 0.493 e. The van der Waals surface area contributed by atoms with Crippen molar-refractivity contribution in [2.24, 2.45) is 0 Å². The summed E-state index contributed by atoms with van der Waals surface area (Å²) < 4.78 is 10.7. The molecule has 2 aliphatic heterocycles. The Hall–Kier alpha value is -3.55. The van der Waals surface area contributed by atoms with Crippen molar-refractivity contribution in [3.63, 3.8) is 0 Å². The van der Waals surface area contributed by atoms with Crippen molar-refractivity contribution in [1.82, 2.24) is 15.1 Å². The van der Waals surface area contributed by atoms with E-state index in [2.05, 4.69) is 5.32 Å². The van der Waals surface area contributed by atoms with Gasteiger partial charge in [0.25, 0.3) is 5.91 Å². The fraction of sp³-hybridized carbons (Fsp3) is 0.318. The summed E-state index contributed by atoms with van der Waals surface area (Å²) in [6, 6.07) is 10.5. The van der Waals surface area contributed by atoms with E-state index in [9.17, 15) is 14.4 Å². The van der Waals surface area contributed by atoms with Crippen molar-refractivity contribution in [2.45, 2.75) is 19.5 Å². The first kappa shape index (κ1) is 19.8. The van der Waals surface area contributed by atoms with Gasteiger partial charge < -0.3 is 19.7 Å². The standard InChI is InChI=1S/C22H23N3O5/c1-29-18-9-16-7-8-24(13-17(16)10-19(18)30-2)21(27)15-5-3-14(4-6-15)12-25-20(26)11-23-22(25)28/h3-6,9-10H,7-8,11-13H2,1-2H3,(H,23,28). The summed E-state index contributed by atoms with van der Waals surface area (Å²) in [7, 11) is 3.20. The average molecular weight is 409 g/mol. The lowest BCUT2D eigenvalue weighted by Crippen LogP contribution is -2.36. The van der Waals surface area contributed by atoms with Gasteiger partial charge in [0.15, 0.2) is 11.5 Å². The number of amides is 4. The SMILES string of the molecule is COc1cc2c(cc1OC)CN(C(=O)c1ccc(CN3C(=O)CNC3=O)cc1)CC2. The van der Waals surface area contributed by atoms with Crippen LogP contribution in [0.4, 0.5) is 4.79 Å². The van der Waals surface area contributed by atoms with E-state index in [0.717, 1.165) is 23.1 Å². The minimum Gasteiger partial charge on any atom is -0.493 e. The van der Waals surface area contributed by atoms with E-state index < -0.39 is 0 Å². The summed E-state index contributed by atoms with van der Waals surface area (Å²) in [6.07, 6.45) is 0.742. The zero-order valence-electron chi connectivity index (χ0n) is 16.9. The van der Waals surface area contributed by atoms with Gasteiger partial charge in [0.1, 0.15) is 0 Å². The van der Waals surface area contributed by atoms with Crippen LogP contribution in [0.25, 0.3) is 0 Å². The van der Waals surface area contributed by atoms with Crippen LogP contribution in [-0.2, 0) is 24.3 Å². The van der Waals surface area contributed by atoms with Gasteiger partial charge in [0, 0.05) is 18.7 Å². The fourth-order valence-electron chi connectivity index (χ4n) is 3.79. The van der Waals surface area contributed by atoms with E-state index in [1.165, 1.54) is 4.90 Å². The molecule has 156 valence electrons. The number of imide groups is 1. The summed E-state index contributed by atoms with van der Waals surface area (Å²) in [6.45, 7) is 1.34. The number of benzene rings is 2. The number of carbonyl (C=O) groups is 3. The van der Waals surface area contributed by atoms with Crippen molar-refractivity contribution in [3.8, 4) is 11.5 Å². The lowest BCUT2D eigenvalue weighted by Gasteiger charge is -2.29. The highest BCUT2D eigenvalue weighted by Crippen LogP contribution is 2.33.